The van der Waals surface area contributed by atoms with Crippen LogP contribution in [-0.4, -0.2) is 39.6 Å². The fraction of sp³-hybridized carbons (Fsp3) is 0.222. The number of ether oxygens (including phenoxy) is 1. The summed E-state index contributed by atoms with van der Waals surface area (Å²) in [5, 5.41) is 10.1. The molecule has 1 aromatic heterocycles. The summed E-state index contributed by atoms with van der Waals surface area (Å²) in [5.41, 5.74) is 3.87. The third-order valence-corrected chi connectivity index (χ3v) is 7.13. The third kappa shape index (κ3) is 4.92. The first-order valence-corrected chi connectivity index (χ1v) is 13.0. The highest BCUT2D eigenvalue weighted by Crippen LogP contribution is 2.33. The Bertz CT molecular complexity index is 1340. The van der Waals surface area contributed by atoms with Crippen molar-refractivity contribution in [2.45, 2.75) is 24.9 Å². The first-order valence-electron chi connectivity index (χ1n) is 11.6. The lowest BCUT2D eigenvalue weighted by atomic mass is 10.0. The average Bonchev–Trinajstić information content (AvgIpc) is 3.31. The van der Waals surface area contributed by atoms with E-state index in [2.05, 4.69) is 16.3 Å². The maximum atomic E-state index is 13.2. The van der Waals surface area contributed by atoms with Gasteiger partial charge >= 0.3 is 0 Å². The van der Waals surface area contributed by atoms with Crippen LogP contribution in [0, 0.1) is 0 Å². The number of benzene rings is 3. The number of anilines is 1. The van der Waals surface area contributed by atoms with E-state index in [0.29, 0.717) is 22.6 Å². The van der Waals surface area contributed by atoms with E-state index < -0.39 is 0 Å². The Labute approximate surface area is 213 Å². The van der Waals surface area contributed by atoms with Gasteiger partial charge in [-0.15, -0.1) is 10.2 Å². The molecule has 0 atom stereocenters. The van der Waals surface area contributed by atoms with Crippen molar-refractivity contribution in [2.75, 3.05) is 23.8 Å². The van der Waals surface area contributed by atoms with Crippen molar-refractivity contribution in [3.63, 3.8) is 0 Å². The number of carbonyl (C=O) groups excluding carboxylic acids is 1. The molecule has 6 nitrogen and oxygen atoms in total. The van der Waals surface area contributed by atoms with Crippen LogP contribution in [0.2, 0.25) is 5.02 Å². The minimum atomic E-state index is 0.0580. The molecular weight excluding hydrogens is 480 g/mol. The van der Waals surface area contributed by atoms with Gasteiger partial charge in [-0.05, 0) is 67.8 Å². The Morgan fingerprint density at radius 1 is 1.03 bits per heavy atom. The Hall–Kier alpha value is -3.29. The largest absolute Gasteiger partial charge is 0.494 e. The first-order chi connectivity index (χ1) is 17.2. The highest BCUT2D eigenvalue weighted by atomic mass is 35.5. The molecule has 0 saturated heterocycles. The van der Waals surface area contributed by atoms with Crippen LogP contribution in [0.25, 0.3) is 17.1 Å². The number of hydrogen-bond donors (Lipinski definition) is 0. The summed E-state index contributed by atoms with van der Waals surface area (Å²) in [4.78, 5) is 15.1. The molecule has 8 heteroatoms. The number of nitrogens with zero attached hydrogens (tertiary/aromatic N) is 4. The lowest BCUT2D eigenvalue weighted by Crippen LogP contribution is -2.36. The van der Waals surface area contributed by atoms with Gasteiger partial charge in [-0.25, -0.2) is 0 Å². The molecular formula is C27H25ClN4O2S. The summed E-state index contributed by atoms with van der Waals surface area (Å²) in [6.07, 6.45) is 1.97. The van der Waals surface area contributed by atoms with E-state index in [1.54, 1.807) is 0 Å². The molecule has 0 aliphatic carbocycles. The number of thioether (sulfide) groups is 1. The van der Waals surface area contributed by atoms with E-state index in [1.165, 1.54) is 17.3 Å². The second-order valence-electron chi connectivity index (χ2n) is 8.11. The van der Waals surface area contributed by atoms with Gasteiger partial charge in [0.15, 0.2) is 11.0 Å². The van der Waals surface area contributed by atoms with Gasteiger partial charge < -0.3 is 9.64 Å². The summed E-state index contributed by atoms with van der Waals surface area (Å²) >= 11 is 7.88. The zero-order valence-corrected chi connectivity index (χ0v) is 20.9. The summed E-state index contributed by atoms with van der Waals surface area (Å²) in [7, 11) is 0. The van der Waals surface area contributed by atoms with Gasteiger partial charge in [-0.2, -0.15) is 0 Å². The number of aromatic nitrogens is 3. The molecule has 0 N–H and O–H groups in total. The van der Waals surface area contributed by atoms with Crippen molar-refractivity contribution in [3.8, 4) is 22.8 Å². The molecule has 1 aliphatic rings. The molecule has 0 bridgehead atoms. The number of halogens is 1. The van der Waals surface area contributed by atoms with E-state index in [4.69, 9.17) is 16.3 Å². The molecule has 0 fully saturated rings. The Morgan fingerprint density at radius 3 is 2.60 bits per heavy atom. The van der Waals surface area contributed by atoms with Crippen molar-refractivity contribution in [1.29, 1.82) is 0 Å². The second kappa shape index (κ2) is 10.5. The third-order valence-electron chi connectivity index (χ3n) is 5.89. The summed E-state index contributed by atoms with van der Waals surface area (Å²) in [6, 6.07) is 23.4. The number of rotatable bonds is 7. The van der Waals surface area contributed by atoms with Crippen molar-refractivity contribution >= 4 is 35.0 Å². The highest BCUT2D eigenvalue weighted by Gasteiger charge is 2.24. The van der Waals surface area contributed by atoms with E-state index in [1.807, 2.05) is 83.1 Å². The van der Waals surface area contributed by atoms with Gasteiger partial charge in [0, 0.05) is 23.5 Å². The fourth-order valence-corrected chi connectivity index (χ4v) is 5.32. The molecule has 35 heavy (non-hydrogen) atoms. The van der Waals surface area contributed by atoms with E-state index in [-0.39, 0.29) is 11.7 Å². The number of para-hydroxylation sites is 1. The van der Waals surface area contributed by atoms with Crippen molar-refractivity contribution in [1.82, 2.24) is 14.8 Å². The number of fused-ring (bicyclic) bond motifs is 1. The quantitative estimate of drug-likeness (QED) is 0.286. The molecule has 0 unspecified atom stereocenters. The Morgan fingerprint density at radius 2 is 1.80 bits per heavy atom. The molecule has 0 spiro atoms. The molecule has 1 aliphatic heterocycles. The number of hydrogen-bond acceptors (Lipinski definition) is 5. The molecule has 178 valence electrons. The average molecular weight is 505 g/mol. The normalized spacial score (nSPS) is 12.9. The smallest absolute Gasteiger partial charge is 0.237 e. The van der Waals surface area contributed by atoms with Crippen LogP contribution in [0.15, 0.2) is 78.0 Å². The van der Waals surface area contributed by atoms with Crippen LogP contribution in [0.3, 0.4) is 0 Å². The maximum absolute atomic E-state index is 13.2. The highest BCUT2D eigenvalue weighted by molar-refractivity contribution is 7.99. The standard InChI is InChI=1S/C27H25ClN4O2S/c1-2-34-21-15-13-20(14-16-21)32-26(22-10-4-5-11-23(22)28)29-30-27(32)35-18-25(33)31-17-7-9-19-8-3-6-12-24(19)31/h3-6,8,10-16H,2,7,9,17-18H2,1H3. The van der Waals surface area contributed by atoms with Crippen LogP contribution in [0.5, 0.6) is 5.75 Å². The summed E-state index contributed by atoms with van der Waals surface area (Å²) in [5.74, 6) is 1.73. The second-order valence-corrected chi connectivity index (χ2v) is 9.46. The fourth-order valence-electron chi connectivity index (χ4n) is 4.27. The van der Waals surface area contributed by atoms with Gasteiger partial charge in [0.2, 0.25) is 5.91 Å². The van der Waals surface area contributed by atoms with Crippen LogP contribution in [0.4, 0.5) is 5.69 Å². The molecule has 3 aromatic carbocycles. The van der Waals surface area contributed by atoms with E-state index in [0.717, 1.165) is 42.1 Å². The van der Waals surface area contributed by atoms with Crippen molar-refractivity contribution < 1.29 is 9.53 Å². The first kappa shape index (κ1) is 23.5. The van der Waals surface area contributed by atoms with Gasteiger partial charge in [0.1, 0.15) is 5.75 Å². The van der Waals surface area contributed by atoms with Gasteiger partial charge in [-0.3, -0.25) is 9.36 Å². The predicted molar refractivity (Wildman–Crippen MR) is 141 cm³/mol. The minimum Gasteiger partial charge on any atom is -0.494 e. The summed E-state index contributed by atoms with van der Waals surface area (Å²) < 4.78 is 7.54. The van der Waals surface area contributed by atoms with Crippen LogP contribution >= 0.6 is 23.4 Å². The monoisotopic (exact) mass is 504 g/mol. The van der Waals surface area contributed by atoms with E-state index >= 15 is 0 Å². The van der Waals surface area contributed by atoms with Crippen molar-refractivity contribution in [3.05, 3.63) is 83.4 Å². The minimum absolute atomic E-state index is 0.0580. The molecule has 4 aromatic rings. The number of carbonyl (C=O) groups is 1. The van der Waals surface area contributed by atoms with E-state index in [9.17, 15) is 4.79 Å². The molecule has 1 amide bonds. The number of amides is 1. The van der Waals surface area contributed by atoms with Gasteiger partial charge in [0.05, 0.1) is 17.4 Å². The molecule has 2 heterocycles. The molecule has 5 rings (SSSR count). The Balaban J connectivity index is 1.45. The van der Waals surface area contributed by atoms with Gasteiger partial charge in [0.25, 0.3) is 0 Å². The van der Waals surface area contributed by atoms with Crippen molar-refractivity contribution in [2.24, 2.45) is 0 Å². The maximum Gasteiger partial charge on any atom is 0.237 e. The Kier molecular flexibility index (Phi) is 7.06. The van der Waals surface area contributed by atoms with Crippen LogP contribution < -0.4 is 9.64 Å². The topological polar surface area (TPSA) is 60.2 Å². The SMILES string of the molecule is CCOc1ccc(-n2c(SCC(=O)N3CCCc4ccccc43)nnc2-c2ccccc2Cl)cc1. The zero-order chi connectivity index (χ0) is 24.2. The molecule has 0 radical (unpaired) electrons. The van der Waals surface area contributed by atoms with Crippen LogP contribution in [-0.2, 0) is 11.2 Å². The zero-order valence-electron chi connectivity index (χ0n) is 19.4. The van der Waals surface area contributed by atoms with Gasteiger partial charge in [-0.1, -0.05) is 53.7 Å². The lowest BCUT2D eigenvalue weighted by Gasteiger charge is -2.29. The molecule has 0 saturated carbocycles. The van der Waals surface area contributed by atoms with Crippen LogP contribution in [0.1, 0.15) is 18.9 Å². The summed E-state index contributed by atoms with van der Waals surface area (Å²) in [6.45, 7) is 3.28. The predicted octanol–water partition coefficient (Wildman–Crippen LogP) is 6.06. The lowest BCUT2D eigenvalue weighted by molar-refractivity contribution is -0.116. The number of aryl methyl sites for hydroxylation is 1.